The van der Waals surface area contributed by atoms with Crippen molar-refractivity contribution >= 4 is 34.8 Å². The largest absolute Gasteiger partial charge is 0.424 e. The molecule has 22 heavy (non-hydrogen) atoms. The first-order valence-electron chi connectivity index (χ1n) is 6.33. The standard InChI is InChI=1S/C16H9Cl3N2O/c17-11-3-1-10(2-4-11)15-5-6-20-16(21-15)22-14-8-12(18)7-13(19)9-14/h1-9H. The minimum Gasteiger partial charge on any atom is -0.424 e. The Morgan fingerprint density at radius 2 is 1.45 bits per heavy atom. The van der Waals surface area contributed by atoms with E-state index in [2.05, 4.69) is 9.97 Å². The Balaban J connectivity index is 1.89. The van der Waals surface area contributed by atoms with E-state index in [0.29, 0.717) is 20.8 Å². The Morgan fingerprint density at radius 1 is 0.773 bits per heavy atom. The molecule has 0 saturated heterocycles. The van der Waals surface area contributed by atoms with Crippen LogP contribution in [0.25, 0.3) is 11.3 Å². The summed E-state index contributed by atoms with van der Waals surface area (Å²) in [4.78, 5) is 8.46. The van der Waals surface area contributed by atoms with Crippen LogP contribution in [0.15, 0.2) is 54.7 Å². The summed E-state index contributed by atoms with van der Waals surface area (Å²) < 4.78 is 5.61. The van der Waals surface area contributed by atoms with Gasteiger partial charge in [0, 0.05) is 26.8 Å². The second kappa shape index (κ2) is 6.53. The summed E-state index contributed by atoms with van der Waals surface area (Å²) in [7, 11) is 0. The Labute approximate surface area is 142 Å². The summed E-state index contributed by atoms with van der Waals surface area (Å²) in [6.07, 6.45) is 1.62. The van der Waals surface area contributed by atoms with E-state index in [9.17, 15) is 0 Å². The Kier molecular flexibility index (Phi) is 4.48. The van der Waals surface area contributed by atoms with Crippen molar-refractivity contribution in [1.82, 2.24) is 9.97 Å². The predicted molar refractivity (Wildman–Crippen MR) is 89.0 cm³/mol. The molecule has 0 amide bonds. The second-order valence-corrected chi connectivity index (χ2v) is 5.75. The maximum Gasteiger partial charge on any atom is 0.322 e. The number of benzene rings is 2. The van der Waals surface area contributed by atoms with Gasteiger partial charge in [-0.3, -0.25) is 0 Å². The molecule has 3 rings (SSSR count). The highest BCUT2D eigenvalue weighted by atomic mass is 35.5. The first kappa shape index (κ1) is 15.1. The molecule has 0 aliphatic carbocycles. The second-order valence-electron chi connectivity index (χ2n) is 4.44. The van der Waals surface area contributed by atoms with Gasteiger partial charge >= 0.3 is 6.01 Å². The number of hydrogen-bond donors (Lipinski definition) is 0. The number of hydrogen-bond acceptors (Lipinski definition) is 3. The van der Waals surface area contributed by atoms with E-state index < -0.39 is 0 Å². The maximum absolute atomic E-state index is 5.94. The van der Waals surface area contributed by atoms with Gasteiger partial charge in [0.15, 0.2) is 0 Å². The topological polar surface area (TPSA) is 35.0 Å². The van der Waals surface area contributed by atoms with Crippen molar-refractivity contribution in [2.24, 2.45) is 0 Å². The van der Waals surface area contributed by atoms with Crippen molar-refractivity contribution in [3.63, 3.8) is 0 Å². The fraction of sp³-hybridized carbons (Fsp3) is 0. The van der Waals surface area contributed by atoms with Crippen LogP contribution < -0.4 is 4.74 Å². The van der Waals surface area contributed by atoms with E-state index in [1.165, 1.54) is 0 Å². The van der Waals surface area contributed by atoms with Crippen LogP contribution >= 0.6 is 34.8 Å². The van der Waals surface area contributed by atoms with Crippen LogP contribution in [0.2, 0.25) is 15.1 Å². The van der Waals surface area contributed by atoms with Crippen molar-refractivity contribution in [1.29, 1.82) is 0 Å². The molecule has 0 N–H and O–H groups in total. The number of rotatable bonds is 3. The van der Waals surface area contributed by atoms with Gasteiger partial charge in [0.2, 0.25) is 0 Å². The quantitative estimate of drug-likeness (QED) is 0.589. The number of ether oxygens (including phenoxy) is 1. The molecule has 1 heterocycles. The van der Waals surface area contributed by atoms with E-state index >= 15 is 0 Å². The molecule has 110 valence electrons. The molecule has 0 bridgehead atoms. The lowest BCUT2D eigenvalue weighted by Gasteiger charge is -2.06. The maximum atomic E-state index is 5.94. The molecule has 1 aromatic heterocycles. The minimum absolute atomic E-state index is 0.214. The lowest BCUT2D eigenvalue weighted by molar-refractivity contribution is 0.442. The highest BCUT2D eigenvalue weighted by Gasteiger charge is 2.06. The average Bonchev–Trinajstić information content (AvgIpc) is 2.47. The fourth-order valence-electron chi connectivity index (χ4n) is 1.86. The van der Waals surface area contributed by atoms with Gasteiger partial charge in [-0.1, -0.05) is 46.9 Å². The molecule has 3 nitrogen and oxygen atoms in total. The Bertz CT molecular complexity index is 786. The average molecular weight is 352 g/mol. The van der Waals surface area contributed by atoms with Crippen molar-refractivity contribution < 1.29 is 4.74 Å². The van der Waals surface area contributed by atoms with Gasteiger partial charge in [-0.25, -0.2) is 4.98 Å². The molecule has 0 fully saturated rings. The predicted octanol–water partition coefficient (Wildman–Crippen LogP) is 5.90. The molecule has 0 unspecified atom stereocenters. The molecule has 0 atom stereocenters. The van der Waals surface area contributed by atoms with E-state index in [1.54, 1.807) is 42.6 Å². The molecule has 6 heteroatoms. The highest BCUT2D eigenvalue weighted by Crippen LogP contribution is 2.28. The van der Waals surface area contributed by atoms with E-state index in [0.717, 1.165) is 11.3 Å². The van der Waals surface area contributed by atoms with Gasteiger partial charge in [-0.15, -0.1) is 0 Å². The molecule has 2 aromatic carbocycles. The van der Waals surface area contributed by atoms with Crippen LogP contribution in [0.4, 0.5) is 0 Å². The Hall–Kier alpha value is -1.81. The van der Waals surface area contributed by atoms with E-state index in [4.69, 9.17) is 39.5 Å². The summed E-state index contributed by atoms with van der Waals surface area (Å²) in [6.45, 7) is 0. The molecule has 0 saturated carbocycles. The van der Waals surface area contributed by atoms with Gasteiger partial charge in [0.25, 0.3) is 0 Å². The summed E-state index contributed by atoms with van der Waals surface area (Å²) in [6, 6.07) is 14.3. The minimum atomic E-state index is 0.214. The van der Waals surface area contributed by atoms with Gasteiger partial charge < -0.3 is 4.74 Å². The van der Waals surface area contributed by atoms with Gasteiger partial charge in [-0.05, 0) is 36.4 Å². The summed E-state index contributed by atoms with van der Waals surface area (Å²) >= 11 is 17.8. The molecule has 0 aliphatic rings. The third-order valence-electron chi connectivity index (χ3n) is 2.82. The Morgan fingerprint density at radius 3 is 2.14 bits per heavy atom. The highest BCUT2D eigenvalue weighted by molar-refractivity contribution is 6.34. The first-order valence-corrected chi connectivity index (χ1v) is 7.46. The van der Waals surface area contributed by atoms with Crippen LogP contribution in [0.1, 0.15) is 0 Å². The molecular weight excluding hydrogens is 343 g/mol. The zero-order valence-electron chi connectivity index (χ0n) is 11.1. The fourth-order valence-corrected chi connectivity index (χ4v) is 2.50. The van der Waals surface area contributed by atoms with Crippen LogP contribution in [-0.4, -0.2) is 9.97 Å². The zero-order valence-corrected chi connectivity index (χ0v) is 13.4. The van der Waals surface area contributed by atoms with Crippen LogP contribution in [-0.2, 0) is 0 Å². The molecule has 0 spiro atoms. The lowest BCUT2D eigenvalue weighted by Crippen LogP contribution is -1.93. The third kappa shape index (κ3) is 3.69. The number of halogens is 3. The van der Waals surface area contributed by atoms with Gasteiger partial charge in [0.1, 0.15) is 5.75 Å². The van der Waals surface area contributed by atoms with Crippen molar-refractivity contribution in [3.8, 4) is 23.0 Å². The van der Waals surface area contributed by atoms with E-state index in [1.807, 2.05) is 12.1 Å². The smallest absolute Gasteiger partial charge is 0.322 e. The third-order valence-corrected chi connectivity index (χ3v) is 3.51. The van der Waals surface area contributed by atoms with Gasteiger partial charge in [0.05, 0.1) is 5.69 Å². The first-order chi connectivity index (χ1) is 10.6. The van der Waals surface area contributed by atoms with Crippen LogP contribution in [0.3, 0.4) is 0 Å². The summed E-state index contributed by atoms with van der Waals surface area (Å²) in [5, 5.41) is 1.63. The number of nitrogens with zero attached hydrogens (tertiary/aromatic N) is 2. The molecule has 3 aromatic rings. The number of aromatic nitrogens is 2. The molecular formula is C16H9Cl3N2O. The lowest BCUT2D eigenvalue weighted by atomic mass is 10.1. The van der Waals surface area contributed by atoms with Crippen molar-refractivity contribution in [3.05, 3.63) is 69.8 Å². The van der Waals surface area contributed by atoms with Crippen LogP contribution in [0, 0.1) is 0 Å². The SMILES string of the molecule is Clc1ccc(-c2ccnc(Oc3cc(Cl)cc(Cl)c3)n2)cc1. The molecule has 0 radical (unpaired) electrons. The molecule has 0 aliphatic heterocycles. The van der Waals surface area contributed by atoms with Crippen molar-refractivity contribution in [2.45, 2.75) is 0 Å². The summed E-state index contributed by atoms with van der Waals surface area (Å²) in [5.41, 5.74) is 1.65. The van der Waals surface area contributed by atoms with Crippen LogP contribution in [0.5, 0.6) is 11.8 Å². The normalized spacial score (nSPS) is 10.5. The zero-order chi connectivity index (χ0) is 15.5. The summed E-state index contributed by atoms with van der Waals surface area (Å²) in [5.74, 6) is 0.478. The van der Waals surface area contributed by atoms with Gasteiger partial charge in [-0.2, -0.15) is 4.98 Å². The van der Waals surface area contributed by atoms with Crippen molar-refractivity contribution in [2.75, 3.05) is 0 Å². The monoisotopic (exact) mass is 350 g/mol. The van der Waals surface area contributed by atoms with E-state index in [-0.39, 0.29) is 6.01 Å².